The van der Waals surface area contributed by atoms with Gasteiger partial charge in [0.1, 0.15) is 0 Å². The number of nitrogens with zero attached hydrogens (tertiary/aromatic N) is 2. The van der Waals surface area contributed by atoms with E-state index in [4.69, 9.17) is 0 Å². The topological polar surface area (TPSA) is 45.2 Å². The third-order valence-corrected chi connectivity index (χ3v) is 4.00. The van der Waals surface area contributed by atoms with E-state index < -0.39 is 0 Å². The van der Waals surface area contributed by atoms with Crippen LogP contribution in [0.5, 0.6) is 0 Å². The maximum Gasteiger partial charge on any atom is 0.257 e. The zero-order chi connectivity index (χ0) is 17.6. The number of aryl methyl sites for hydroxylation is 1. The number of amides is 1. The van der Waals surface area contributed by atoms with Crippen LogP contribution in [0, 0.1) is 6.92 Å². The molecule has 0 saturated carbocycles. The zero-order valence-corrected chi connectivity index (χ0v) is 14.4. The summed E-state index contributed by atoms with van der Waals surface area (Å²) < 4.78 is 0. The van der Waals surface area contributed by atoms with Gasteiger partial charge in [-0.15, -0.1) is 0 Å². The highest BCUT2D eigenvalue weighted by Gasteiger charge is 2.10. The van der Waals surface area contributed by atoms with Crippen LogP contribution in [0.25, 0.3) is 0 Å². The Morgan fingerprint density at radius 2 is 1.76 bits per heavy atom. The van der Waals surface area contributed by atoms with Crippen molar-refractivity contribution in [3.05, 3.63) is 89.7 Å². The van der Waals surface area contributed by atoms with E-state index in [1.807, 2.05) is 62.5 Å². The molecule has 0 unspecified atom stereocenters. The molecule has 4 nitrogen and oxygen atoms in total. The summed E-state index contributed by atoms with van der Waals surface area (Å²) in [6.07, 6.45) is 3.36. The van der Waals surface area contributed by atoms with Gasteiger partial charge in [-0.1, -0.05) is 48.0 Å². The highest BCUT2D eigenvalue weighted by molar-refractivity contribution is 6.04. The first-order valence-corrected chi connectivity index (χ1v) is 8.20. The van der Waals surface area contributed by atoms with Crippen LogP contribution >= 0.6 is 0 Å². The Morgan fingerprint density at radius 1 is 1.04 bits per heavy atom. The Balaban J connectivity index is 1.72. The minimum Gasteiger partial charge on any atom is -0.369 e. The number of aromatic nitrogens is 1. The predicted octanol–water partition coefficient (Wildman–Crippen LogP) is 4.28. The molecule has 0 bridgehead atoms. The van der Waals surface area contributed by atoms with Crippen molar-refractivity contribution in [3.63, 3.8) is 0 Å². The fourth-order valence-corrected chi connectivity index (χ4v) is 2.55. The van der Waals surface area contributed by atoms with E-state index in [0.717, 1.165) is 23.5 Å². The Labute approximate surface area is 148 Å². The second-order valence-electron chi connectivity index (χ2n) is 6.09. The summed E-state index contributed by atoms with van der Waals surface area (Å²) in [6, 6.07) is 19.8. The van der Waals surface area contributed by atoms with Gasteiger partial charge in [0.25, 0.3) is 5.91 Å². The fourth-order valence-electron chi connectivity index (χ4n) is 2.55. The Hall–Kier alpha value is -3.14. The number of carbonyl (C=O) groups excluding carboxylic acids is 1. The molecular weight excluding hydrogens is 310 g/mol. The second-order valence-corrected chi connectivity index (χ2v) is 6.09. The van der Waals surface area contributed by atoms with Crippen molar-refractivity contribution >= 4 is 17.3 Å². The maximum absolute atomic E-state index is 12.5. The number of pyridine rings is 1. The van der Waals surface area contributed by atoms with Crippen LogP contribution in [0.15, 0.2) is 73.1 Å². The van der Waals surface area contributed by atoms with Crippen LogP contribution < -0.4 is 10.2 Å². The van der Waals surface area contributed by atoms with Crippen LogP contribution in [0.2, 0.25) is 0 Å². The lowest BCUT2D eigenvalue weighted by Gasteiger charge is -2.19. The number of carbonyl (C=O) groups is 1. The number of anilines is 2. The zero-order valence-electron chi connectivity index (χ0n) is 14.4. The van der Waals surface area contributed by atoms with E-state index >= 15 is 0 Å². The third-order valence-electron chi connectivity index (χ3n) is 4.00. The number of benzene rings is 2. The van der Waals surface area contributed by atoms with Crippen molar-refractivity contribution in [2.45, 2.75) is 13.5 Å². The summed E-state index contributed by atoms with van der Waals surface area (Å²) >= 11 is 0. The normalized spacial score (nSPS) is 10.3. The molecule has 0 saturated heterocycles. The molecule has 1 heterocycles. The standard InChI is InChI=1S/C21H21N3O/c1-16-8-10-19(11-9-16)23-21(25)18-12-20(14-22-13-18)24(2)15-17-6-4-3-5-7-17/h3-14H,15H2,1-2H3,(H,23,25). The summed E-state index contributed by atoms with van der Waals surface area (Å²) in [7, 11) is 1.99. The quantitative estimate of drug-likeness (QED) is 0.759. The summed E-state index contributed by atoms with van der Waals surface area (Å²) in [5.74, 6) is -0.161. The molecule has 1 aromatic heterocycles. The van der Waals surface area contributed by atoms with Gasteiger partial charge < -0.3 is 10.2 Å². The Morgan fingerprint density at radius 3 is 2.48 bits per heavy atom. The average Bonchev–Trinajstić information content (AvgIpc) is 2.64. The lowest BCUT2D eigenvalue weighted by molar-refractivity contribution is 0.102. The van der Waals surface area contributed by atoms with Gasteiger partial charge in [-0.3, -0.25) is 9.78 Å². The number of nitrogens with one attached hydrogen (secondary N) is 1. The van der Waals surface area contributed by atoms with Crippen molar-refractivity contribution in [1.82, 2.24) is 4.98 Å². The summed E-state index contributed by atoms with van der Waals surface area (Å²) in [5.41, 5.74) is 4.58. The van der Waals surface area contributed by atoms with Gasteiger partial charge in [-0.2, -0.15) is 0 Å². The summed E-state index contributed by atoms with van der Waals surface area (Å²) in [4.78, 5) is 18.8. The third kappa shape index (κ3) is 4.44. The van der Waals surface area contributed by atoms with Crippen molar-refractivity contribution in [2.24, 2.45) is 0 Å². The fraction of sp³-hybridized carbons (Fsp3) is 0.143. The van der Waals surface area contributed by atoms with Crippen LogP contribution in [-0.2, 0) is 6.54 Å². The minimum absolute atomic E-state index is 0.161. The number of rotatable bonds is 5. The molecule has 0 aliphatic heterocycles. The van der Waals surface area contributed by atoms with E-state index in [0.29, 0.717) is 5.56 Å². The smallest absolute Gasteiger partial charge is 0.257 e. The molecular formula is C21H21N3O. The molecule has 3 aromatic rings. The molecule has 0 fully saturated rings. The number of hydrogen-bond acceptors (Lipinski definition) is 3. The van der Waals surface area contributed by atoms with E-state index in [2.05, 4.69) is 27.3 Å². The summed E-state index contributed by atoms with van der Waals surface area (Å²) in [6.45, 7) is 2.77. The largest absolute Gasteiger partial charge is 0.369 e. The molecule has 3 rings (SSSR count). The van der Waals surface area contributed by atoms with Crippen molar-refractivity contribution in [3.8, 4) is 0 Å². The monoisotopic (exact) mass is 331 g/mol. The van der Waals surface area contributed by atoms with Crippen LogP contribution in [-0.4, -0.2) is 17.9 Å². The van der Waals surface area contributed by atoms with Crippen LogP contribution in [0.4, 0.5) is 11.4 Å². The lowest BCUT2D eigenvalue weighted by atomic mass is 10.2. The minimum atomic E-state index is -0.161. The van der Waals surface area contributed by atoms with E-state index in [-0.39, 0.29) is 5.91 Å². The van der Waals surface area contributed by atoms with Gasteiger partial charge in [-0.05, 0) is 30.7 Å². The highest BCUT2D eigenvalue weighted by Crippen LogP contribution is 2.17. The molecule has 0 radical (unpaired) electrons. The van der Waals surface area contributed by atoms with Gasteiger partial charge in [0.2, 0.25) is 0 Å². The lowest BCUT2D eigenvalue weighted by Crippen LogP contribution is -2.18. The highest BCUT2D eigenvalue weighted by atomic mass is 16.1. The SMILES string of the molecule is Cc1ccc(NC(=O)c2cncc(N(C)Cc3ccccc3)c2)cc1. The average molecular weight is 331 g/mol. The van der Waals surface area contributed by atoms with E-state index in [1.165, 1.54) is 5.56 Å². The molecule has 4 heteroatoms. The molecule has 0 aliphatic carbocycles. The van der Waals surface area contributed by atoms with E-state index in [1.54, 1.807) is 12.4 Å². The molecule has 126 valence electrons. The van der Waals surface area contributed by atoms with Crippen molar-refractivity contribution in [1.29, 1.82) is 0 Å². The van der Waals surface area contributed by atoms with E-state index in [9.17, 15) is 4.79 Å². The van der Waals surface area contributed by atoms with Crippen LogP contribution in [0.3, 0.4) is 0 Å². The molecule has 0 aliphatic rings. The Kier molecular flexibility index (Phi) is 5.09. The molecule has 2 aromatic carbocycles. The first-order chi connectivity index (χ1) is 12.1. The maximum atomic E-state index is 12.5. The van der Waals surface area contributed by atoms with Crippen molar-refractivity contribution < 1.29 is 4.79 Å². The first-order valence-electron chi connectivity index (χ1n) is 8.20. The summed E-state index contributed by atoms with van der Waals surface area (Å²) in [5, 5.41) is 2.90. The van der Waals surface area contributed by atoms with Gasteiger partial charge in [0.15, 0.2) is 0 Å². The van der Waals surface area contributed by atoms with Crippen molar-refractivity contribution in [2.75, 3.05) is 17.3 Å². The predicted molar refractivity (Wildman–Crippen MR) is 102 cm³/mol. The molecule has 1 N–H and O–H groups in total. The second kappa shape index (κ2) is 7.62. The molecule has 25 heavy (non-hydrogen) atoms. The van der Waals surface area contributed by atoms with Gasteiger partial charge in [0.05, 0.1) is 17.4 Å². The van der Waals surface area contributed by atoms with Gasteiger partial charge >= 0.3 is 0 Å². The van der Waals surface area contributed by atoms with Crippen LogP contribution in [0.1, 0.15) is 21.5 Å². The Bertz CT molecular complexity index is 845. The first kappa shape index (κ1) is 16.7. The van der Waals surface area contributed by atoms with Gasteiger partial charge in [0, 0.05) is 25.5 Å². The molecule has 1 amide bonds. The van der Waals surface area contributed by atoms with Gasteiger partial charge in [-0.25, -0.2) is 0 Å². The number of hydrogen-bond donors (Lipinski definition) is 1. The molecule has 0 atom stereocenters. The molecule has 0 spiro atoms.